The van der Waals surface area contributed by atoms with E-state index in [9.17, 15) is 14.4 Å². The quantitative estimate of drug-likeness (QED) is 0.522. The van der Waals surface area contributed by atoms with Gasteiger partial charge >= 0.3 is 5.69 Å². The standard InChI is InChI=1S/C22H25N5O3/c1-11-8-9-17(10-12(11)2)25-13(3)14(4)26-18-19(23-21(25)26)24(7)22(30)27(20(18)29)15(5)16(6)28/h8-10,15H,1-7H3/t15-/m0/s1. The molecule has 0 amide bonds. The molecular weight excluding hydrogens is 382 g/mol. The van der Waals surface area contributed by atoms with Crippen LogP contribution in [0.4, 0.5) is 0 Å². The van der Waals surface area contributed by atoms with Crippen molar-refractivity contribution >= 4 is 22.7 Å². The molecule has 0 radical (unpaired) electrons. The van der Waals surface area contributed by atoms with Gasteiger partial charge in [-0.25, -0.2) is 9.36 Å². The summed E-state index contributed by atoms with van der Waals surface area (Å²) in [6.07, 6.45) is 0. The number of carbonyl (C=O) groups excluding carboxylic acids is 1. The minimum Gasteiger partial charge on any atom is -0.298 e. The van der Waals surface area contributed by atoms with Crippen LogP contribution >= 0.6 is 0 Å². The second-order valence-corrected chi connectivity index (χ2v) is 8.00. The molecule has 1 aromatic carbocycles. The van der Waals surface area contributed by atoms with E-state index >= 15 is 0 Å². The van der Waals surface area contributed by atoms with E-state index in [4.69, 9.17) is 0 Å². The highest BCUT2D eigenvalue weighted by atomic mass is 16.2. The molecule has 4 rings (SSSR count). The number of aryl methyl sites for hydroxylation is 4. The predicted molar refractivity (Wildman–Crippen MR) is 116 cm³/mol. The molecule has 0 N–H and O–H groups in total. The molecule has 0 saturated heterocycles. The van der Waals surface area contributed by atoms with E-state index in [1.54, 1.807) is 18.4 Å². The Morgan fingerprint density at radius 3 is 2.30 bits per heavy atom. The van der Waals surface area contributed by atoms with E-state index in [0.717, 1.165) is 27.2 Å². The van der Waals surface area contributed by atoms with Crippen molar-refractivity contribution in [3.8, 4) is 5.69 Å². The molecule has 3 heterocycles. The molecule has 1 atom stereocenters. The number of hydrogen-bond donors (Lipinski definition) is 0. The van der Waals surface area contributed by atoms with Gasteiger partial charge in [-0.15, -0.1) is 0 Å². The molecule has 8 nitrogen and oxygen atoms in total. The maximum atomic E-state index is 13.4. The first-order chi connectivity index (χ1) is 14.1. The lowest BCUT2D eigenvalue weighted by Gasteiger charge is -2.12. The van der Waals surface area contributed by atoms with Gasteiger partial charge in [-0.2, -0.15) is 4.98 Å². The number of rotatable bonds is 3. The van der Waals surface area contributed by atoms with Crippen molar-refractivity contribution in [2.24, 2.45) is 7.05 Å². The Balaban J connectivity index is 2.19. The molecule has 0 aliphatic heterocycles. The third-order valence-electron chi connectivity index (χ3n) is 6.19. The van der Waals surface area contributed by atoms with Crippen LogP contribution in [0.3, 0.4) is 0 Å². The van der Waals surface area contributed by atoms with Gasteiger partial charge in [0, 0.05) is 24.1 Å². The third-order valence-corrected chi connectivity index (χ3v) is 6.19. The zero-order valence-electron chi connectivity index (χ0n) is 18.3. The van der Waals surface area contributed by atoms with Crippen LogP contribution in [-0.2, 0) is 11.8 Å². The normalized spacial score (nSPS) is 12.8. The third kappa shape index (κ3) is 2.52. The summed E-state index contributed by atoms with van der Waals surface area (Å²) in [5.41, 5.74) is 4.60. The topological polar surface area (TPSA) is 83.3 Å². The van der Waals surface area contributed by atoms with Gasteiger partial charge in [-0.05, 0) is 64.8 Å². The van der Waals surface area contributed by atoms with Crippen LogP contribution in [0.2, 0.25) is 0 Å². The van der Waals surface area contributed by atoms with Crippen LogP contribution in [0.5, 0.6) is 0 Å². The predicted octanol–water partition coefficient (Wildman–Crippen LogP) is 2.52. The average molecular weight is 407 g/mol. The summed E-state index contributed by atoms with van der Waals surface area (Å²) in [5, 5.41) is 0. The molecule has 8 heteroatoms. The Bertz CT molecular complexity index is 1480. The molecular formula is C22H25N5O3. The summed E-state index contributed by atoms with van der Waals surface area (Å²) in [7, 11) is 1.57. The lowest BCUT2D eigenvalue weighted by molar-refractivity contribution is -0.119. The van der Waals surface area contributed by atoms with Crippen molar-refractivity contribution in [2.45, 2.75) is 47.6 Å². The van der Waals surface area contributed by atoms with Crippen molar-refractivity contribution in [1.82, 2.24) is 23.1 Å². The first-order valence-corrected chi connectivity index (χ1v) is 9.86. The SMILES string of the molecule is CC(=O)[C@H](C)n1c(=O)c2c(nc3n(-c4ccc(C)c(C)c4)c(C)c(C)n23)n(C)c1=O. The van der Waals surface area contributed by atoms with Crippen molar-refractivity contribution in [2.75, 3.05) is 0 Å². The van der Waals surface area contributed by atoms with Gasteiger partial charge in [0.05, 0.1) is 6.04 Å². The number of fused-ring (bicyclic) bond motifs is 3. The van der Waals surface area contributed by atoms with E-state index in [0.29, 0.717) is 16.9 Å². The van der Waals surface area contributed by atoms with Crippen molar-refractivity contribution in [3.63, 3.8) is 0 Å². The Morgan fingerprint density at radius 1 is 1.03 bits per heavy atom. The molecule has 0 aliphatic carbocycles. The average Bonchev–Trinajstić information content (AvgIpc) is 3.18. The lowest BCUT2D eigenvalue weighted by Crippen LogP contribution is -2.42. The van der Waals surface area contributed by atoms with Gasteiger partial charge < -0.3 is 0 Å². The zero-order chi connectivity index (χ0) is 22.1. The number of hydrogen-bond acceptors (Lipinski definition) is 4. The number of imidazole rings is 2. The largest absolute Gasteiger partial charge is 0.333 e. The summed E-state index contributed by atoms with van der Waals surface area (Å²) in [6.45, 7) is 10.9. The first kappa shape index (κ1) is 19.9. The van der Waals surface area contributed by atoms with Gasteiger partial charge in [0.15, 0.2) is 16.9 Å². The molecule has 0 spiro atoms. The van der Waals surface area contributed by atoms with Crippen molar-refractivity contribution in [3.05, 3.63) is 61.6 Å². The van der Waals surface area contributed by atoms with Crippen molar-refractivity contribution in [1.29, 1.82) is 0 Å². The fourth-order valence-corrected chi connectivity index (χ4v) is 3.91. The molecule has 4 aromatic rings. The fraction of sp³-hybridized carbons (Fsp3) is 0.364. The van der Waals surface area contributed by atoms with Crippen molar-refractivity contribution < 1.29 is 4.79 Å². The Labute approximate surface area is 173 Å². The Morgan fingerprint density at radius 2 is 1.70 bits per heavy atom. The highest BCUT2D eigenvalue weighted by Gasteiger charge is 2.25. The van der Waals surface area contributed by atoms with Crippen LogP contribution < -0.4 is 11.2 Å². The molecule has 156 valence electrons. The minimum absolute atomic E-state index is 0.255. The van der Waals surface area contributed by atoms with Gasteiger partial charge in [0.25, 0.3) is 5.56 Å². The highest BCUT2D eigenvalue weighted by molar-refractivity contribution is 5.81. The smallest absolute Gasteiger partial charge is 0.298 e. The summed E-state index contributed by atoms with van der Waals surface area (Å²) < 4.78 is 6.12. The molecule has 0 bridgehead atoms. The Kier molecular flexibility index (Phi) is 4.34. The van der Waals surface area contributed by atoms with Crippen LogP contribution in [0.25, 0.3) is 22.6 Å². The van der Waals surface area contributed by atoms with E-state index < -0.39 is 17.3 Å². The number of ketones is 1. The molecule has 30 heavy (non-hydrogen) atoms. The summed E-state index contributed by atoms with van der Waals surface area (Å²) in [6, 6.07) is 5.30. The fourth-order valence-electron chi connectivity index (χ4n) is 3.91. The summed E-state index contributed by atoms with van der Waals surface area (Å²) >= 11 is 0. The van der Waals surface area contributed by atoms with E-state index in [-0.39, 0.29) is 5.78 Å². The van der Waals surface area contributed by atoms with Gasteiger partial charge in [-0.1, -0.05) is 6.07 Å². The van der Waals surface area contributed by atoms with Gasteiger partial charge in [0.1, 0.15) is 0 Å². The van der Waals surface area contributed by atoms with Crippen LogP contribution in [0.1, 0.15) is 42.4 Å². The minimum atomic E-state index is -0.852. The summed E-state index contributed by atoms with van der Waals surface area (Å²) in [5.74, 6) is 0.304. The molecule has 0 aliphatic rings. The number of nitrogens with zero attached hydrogens (tertiary/aromatic N) is 5. The molecule has 0 fully saturated rings. The molecule has 0 saturated carbocycles. The lowest BCUT2D eigenvalue weighted by atomic mass is 10.1. The number of benzene rings is 1. The highest BCUT2D eigenvalue weighted by Crippen LogP contribution is 2.25. The van der Waals surface area contributed by atoms with Crippen LogP contribution in [-0.4, -0.2) is 28.9 Å². The first-order valence-electron chi connectivity index (χ1n) is 9.86. The van der Waals surface area contributed by atoms with E-state index in [2.05, 4.69) is 31.0 Å². The molecule has 0 unspecified atom stereocenters. The number of carbonyl (C=O) groups is 1. The molecule has 3 aromatic heterocycles. The maximum absolute atomic E-state index is 13.4. The van der Waals surface area contributed by atoms with E-state index in [1.807, 2.05) is 24.5 Å². The monoisotopic (exact) mass is 407 g/mol. The second-order valence-electron chi connectivity index (χ2n) is 8.00. The van der Waals surface area contributed by atoms with Gasteiger partial charge in [-0.3, -0.25) is 23.1 Å². The second kappa shape index (κ2) is 6.55. The zero-order valence-corrected chi connectivity index (χ0v) is 18.3. The Hall–Kier alpha value is -3.42. The number of aromatic nitrogens is 5. The van der Waals surface area contributed by atoms with Crippen LogP contribution in [0.15, 0.2) is 27.8 Å². The van der Waals surface area contributed by atoms with Crippen LogP contribution in [0, 0.1) is 27.7 Å². The maximum Gasteiger partial charge on any atom is 0.333 e. The summed E-state index contributed by atoms with van der Waals surface area (Å²) in [4.78, 5) is 42.8. The number of Topliss-reactive ketones (excluding diaryl/α,β-unsaturated/α-hetero) is 1. The van der Waals surface area contributed by atoms with Gasteiger partial charge in [0.2, 0.25) is 5.78 Å². The van der Waals surface area contributed by atoms with E-state index in [1.165, 1.54) is 17.1 Å².